The molecule has 11 heteroatoms. The molecule has 0 saturated carbocycles. The van der Waals surface area contributed by atoms with Gasteiger partial charge in [-0.15, -0.1) is 0 Å². The molecule has 160 valence electrons. The molecule has 0 aliphatic carbocycles. The summed E-state index contributed by atoms with van der Waals surface area (Å²) in [5.74, 6) is 0.407. The molecule has 0 radical (unpaired) electrons. The molecule has 1 saturated heterocycles. The second kappa shape index (κ2) is 7.95. The van der Waals surface area contributed by atoms with Gasteiger partial charge in [0, 0.05) is 26.2 Å². The molecular weight excluding hydrogens is 456 g/mol. The number of fused-ring (bicyclic) bond motifs is 2. The first-order valence-electron chi connectivity index (χ1n) is 9.69. The number of likely N-dealkylation sites (N-methyl/N-ethyl adjacent to an activating group) is 1. The molecule has 0 unspecified atom stereocenters. The fourth-order valence-corrected chi connectivity index (χ4v) is 6.06. The molecule has 3 heterocycles. The lowest BCUT2D eigenvalue weighted by Crippen LogP contribution is -2.46. The number of nitrogens with one attached hydrogen (secondary N) is 1. The minimum Gasteiger partial charge on any atom is -0.314 e. The van der Waals surface area contributed by atoms with E-state index in [1.165, 1.54) is 11.3 Å². The highest BCUT2D eigenvalue weighted by Crippen LogP contribution is 2.32. The third kappa shape index (κ3) is 3.97. The Morgan fingerprint density at radius 3 is 2.42 bits per heavy atom. The van der Waals surface area contributed by atoms with Crippen LogP contribution in [0.3, 0.4) is 0 Å². The van der Waals surface area contributed by atoms with Crippen molar-refractivity contribution in [1.29, 1.82) is 0 Å². The zero-order chi connectivity index (χ0) is 21.6. The first-order chi connectivity index (χ1) is 14.9. The first-order valence-corrected chi connectivity index (χ1v) is 12.3. The van der Waals surface area contributed by atoms with Crippen molar-refractivity contribution in [1.82, 2.24) is 24.2 Å². The fourth-order valence-electron chi connectivity index (χ4n) is 3.46. The predicted molar refractivity (Wildman–Crippen MR) is 124 cm³/mol. The number of thiazole rings is 1. The average molecular weight is 475 g/mol. The van der Waals surface area contributed by atoms with Crippen LogP contribution in [0.4, 0.5) is 10.9 Å². The molecule has 2 aromatic heterocycles. The molecular formula is C20H19ClN6O2S2. The van der Waals surface area contributed by atoms with Crippen LogP contribution in [0, 0.1) is 0 Å². The Bertz CT molecular complexity index is 1380. The monoisotopic (exact) mass is 474 g/mol. The number of para-hydroxylation sites is 2. The molecule has 0 spiro atoms. The highest BCUT2D eigenvalue weighted by Gasteiger charge is 2.27. The van der Waals surface area contributed by atoms with Crippen molar-refractivity contribution in [3.8, 4) is 0 Å². The number of nitrogens with zero attached hydrogens (tertiary/aromatic N) is 5. The van der Waals surface area contributed by atoms with Gasteiger partial charge < -0.3 is 10.2 Å². The number of piperazine rings is 1. The minimum atomic E-state index is -3.54. The molecule has 8 nitrogen and oxygen atoms in total. The molecule has 0 amide bonds. The van der Waals surface area contributed by atoms with Crippen LogP contribution in [0.5, 0.6) is 0 Å². The van der Waals surface area contributed by atoms with Crippen molar-refractivity contribution in [3.63, 3.8) is 0 Å². The van der Waals surface area contributed by atoms with Gasteiger partial charge in [-0.2, -0.15) is 4.31 Å². The molecule has 2 aromatic carbocycles. The van der Waals surface area contributed by atoms with Crippen LogP contribution < -0.4 is 5.32 Å². The number of benzene rings is 2. The van der Waals surface area contributed by atoms with Gasteiger partial charge in [0.15, 0.2) is 16.1 Å². The highest BCUT2D eigenvalue weighted by atomic mass is 35.5. The second-order valence-corrected chi connectivity index (χ2v) is 10.7. The maximum atomic E-state index is 13.0. The molecule has 1 N–H and O–H groups in total. The summed E-state index contributed by atoms with van der Waals surface area (Å²) in [5.41, 5.74) is 2.13. The summed E-state index contributed by atoms with van der Waals surface area (Å²) in [4.78, 5) is 15.8. The van der Waals surface area contributed by atoms with Gasteiger partial charge in [-0.3, -0.25) is 0 Å². The Labute approximate surface area is 188 Å². The van der Waals surface area contributed by atoms with Crippen LogP contribution in [0.25, 0.3) is 21.3 Å². The van der Waals surface area contributed by atoms with E-state index in [2.05, 4.69) is 25.2 Å². The van der Waals surface area contributed by atoms with Crippen LogP contribution >= 0.6 is 22.9 Å². The molecule has 5 rings (SSSR count). The SMILES string of the molecule is CN1CCN(S(=O)(=O)c2ccc3nc(Nc4nc5ccccc5nc4Cl)sc3c2)CC1. The molecule has 0 bridgehead atoms. The first kappa shape index (κ1) is 20.5. The summed E-state index contributed by atoms with van der Waals surface area (Å²) in [6.45, 7) is 2.43. The van der Waals surface area contributed by atoms with Gasteiger partial charge in [0.1, 0.15) is 0 Å². The van der Waals surface area contributed by atoms with Crippen molar-refractivity contribution in [3.05, 3.63) is 47.6 Å². The number of anilines is 2. The smallest absolute Gasteiger partial charge is 0.243 e. The van der Waals surface area contributed by atoms with Gasteiger partial charge in [-0.25, -0.2) is 23.4 Å². The average Bonchev–Trinajstić information content (AvgIpc) is 3.16. The van der Waals surface area contributed by atoms with Crippen LogP contribution in [-0.4, -0.2) is 65.8 Å². The summed E-state index contributed by atoms with van der Waals surface area (Å²) in [6, 6.07) is 12.5. The maximum Gasteiger partial charge on any atom is 0.243 e. The van der Waals surface area contributed by atoms with Gasteiger partial charge in [0.2, 0.25) is 10.0 Å². The Balaban J connectivity index is 1.44. The lowest BCUT2D eigenvalue weighted by atomic mass is 10.3. The zero-order valence-electron chi connectivity index (χ0n) is 16.6. The number of rotatable bonds is 4. The molecule has 0 atom stereocenters. The molecule has 1 aliphatic heterocycles. The van der Waals surface area contributed by atoms with E-state index in [-0.39, 0.29) is 10.0 Å². The van der Waals surface area contributed by atoms with E-state index in [1.54, 1.807) is 22.5 Å². The van der Waals surface area contributed by atoms with E-state index in [1.807, 2.05) is 31.3 Å². The van der Waals surface area contributed by atoms with Gasteiger partial charge in [0.05, 0.1) is 26.1 Å². The lowest BCUT2D eigenvalue weighted by Gasteiger charge is -2.31. The van der Waals surface area contributed by atoms with E-state index >= 15 is 0 Å². The van der Waals surface area contributed by atoms with Crippen LogP contribution in [0.2, 0.25) is 5.15 Å². The summed E-state index contributed by atoms with van der Waals surface area (Å²) in [7, 11) is -1.54. The Morgan fingerprint density at radius 2 is 1.68 bits per heavy atom. The lowest BCUT2D eigenvalue weighted by molar-refractivity contribution is 0.222. The molecule has 1 fully saturated rings. The third-order valence-electron chi connectivity index (χ3n) is 5.21. The predicted octanol–water partition coefficient (Wildman–Crippen LogP) is 3.57. The van der Waals surface area contributed by atoms with Crippen LogP contribution in [0.1, 0.15) is 0 Å². The van der Waals surface area contributed by atoms with Crippen molar-refractivity contribution in [2.45, 2.75) is 4.90 Å². The molecule has 4 aromatic rings. The van der Waals surface area contributed by atoms with Gasteiger partial charge in [-0.1, -0.05) is 35.1 Å². The summed E-state index contributed by atoms with van der Waals surface area (Å²) in [5, 5.41) is 3.93. The van der Waals surface area contributed by atoms with E-state index in [0.717, 1.165) is 23.3 Å². The van der Waals surface area contributed by atoms with Crippen LogP contribution in [-0.2, 0) is 10.0 Å². The van der Waals surface area contributed by atoms with Crippen LogP contribution in [0.15, 0.2) is 47.4 Å². The Kier molecular flexibility index (Phi) is 5.27. The summed E-state index contributed by atoms with van der Waals surface area (Å²) in [6.07, 6.45) is 0. The van der Waals surface area contributed by atoms with Crippen molar-refractivity contribution in [2.24, 2.45) is 0 Å². The van der Waals surface area contributed by atoms with Gasteiger partial charge in [0.25, 0.3) is 0 Å². The molecule has 31 heavy (non-hydrogen) atoms. The third-order valence-corrected chi connectivity index (χ3v) is 8.31. The minimum absolute atomic E-state index is 0.247. The maximum absolute atomic E-state index is 13.0. The summed E-state index contributed by atoms with van der Waals surface area (Å²) < 4.78 is 28.4. The summed E-state index contributed by atoms with van der Waals surface area (Å²) >= 11 is 7.63. The standard InChI is InChI=1S/C20H19ClN6O2S2/c1-26-8-10-27(11-9-26)31(28,29)13-6-7-16-17(12-13)30-20(24-16)25-19-18(21)22-14-4-2-3-5-15(14)23-19/h2-7,12H,8-11H2,1H3,(H,23,24,25). The van der Waals surface area contributed by atoms with E-state index in [4.69, 9.17) is 11.6 Å². The van der Waals surface area contributed by atoms with Crippen molar-refractivity contribution in [2.75, 3.05) is 38.5 Å². The van der Waals surface area contributed by atoms with Crippen molar-refractivity contribution < 1.29 is 8.42 Å². The van der Waals surface area contributed by atoms with E-state index in [0.29, 0.717) is 35.1 Å². The normalized spacial score (nSPS) is 16.2. The molecule has 1 aliphatic rings. The largest absolute Gasteiger partial charge is 0.314 e. The fraction of sp³-hybridized carbons (Fsp3) is 0.250. The Morgan fingerprint density at radius 1 is 0.968 bits per heavy atom. The number of sulfonamides is 1. The zero-order valence-corrected chi connectivity index (χ0v) is 19.0. The Hall–Kier alpha value is -2.37. The topological polar surface area (TPSA) is 91.3 Å². The van der Waals surface area contributed by atoms with E-state index < -0.39 is 10.0 Å². The van der Waals surface area contributed by atoms with Gasteiger partial charge >= 0.3 is 0 Å². The number of aromatic nitrogens is 3. The van der Waals surface area contributed by atoms with Crippen molar-refractivity contribution >= 4 is 65.2 Å². The number of hydrogen-bond acceptors (Lipinski definition) is 8. The number of hydrogen-bond donors (Lipinski definition) is 1. The number of halogens is 1. The van der Waals surface area contributed by atoms with Gasteiger partial charge in [-0.05, 0) is 37.4 Å². The highest BCUT2D eigenvalue weighted by molar-refractivity contribution is 7.89. The second-order valence-electron chi connectivity index (χ2n) is 7.33. The quantitative estimate of drug-likeness (QED) is 0.483. The van der Waals surface area contributed by atoms with E-state index in [9.17, 15) is 8.42 Å².